The number of fused-ring (bicyclic) bond motifs is 4. The summed E-state index contributed by atoms with van der Waals surface area (Å²) in [5.41, 5.74) is 14.0. The summed E-state index contributed by atoms with van der Waals surface area (Å²) in [6.45, 7) is 2.10. The molecule has 0 atom stereocenters. The second-order valence-corrected chi connectivity index (χ2v) is 12.8. The average molecular weight is 626 g/mol. The molecule has 0 saturated heterocycles. The monoisotopic (exact) mass is 625 g/mol. The molecule has 8 aromatic carbocycles. The lowest BCUT2D eigenvalue weighted by Crippen LogP contribution is -2.18. The van der Waals surface area contributed by atoms with Gasteiger partial charge in [-0.25, -0.2) is 4.98 Å². The Kier molecular flexibility index (Phi) is 6.09. The van der Waals surface area contributed by atoms with Crippen molar-refractivity contribution in [3.63, 3.8) is 0 Å². The molecule has 1 aliphatic heterocycles. The van der Waals surface area contributed by atoms with Gasteiger partial charge in [0.25, 0.3) is 0 Å². The molecule has 0 amide bonds. The zero-order valence-electron chi connectivity index (χ0n) is 27.0. The fourth-order valence-electron chi connectivity index (χ4n) is 7.97. The van der Waals surface area contributed by atoms with Gasteiger partial charge in [-0.3, -0.25) is 4.57 Å². The smallest absolute Gasteiger partial charge is 0.111 e. The molecule has 0 radical (unpaired) electrons. The molecule has 10 rings (SSSR count). The summed E-state index contributed by atoms with van der Waals surface area (Å²) in [6, 6.07) is 61.5. The predicted octanol–water partition coefficient (Wildman–Crippen LogP) is 12.4. The molecule has 0 N–H and O–H groups in total. The molecule has 230 valence electrons. The summed E-state index contributed by atoms with van der Waals surface area (Å²) in [7, 11) is 0. The Labute approximate surface area is 285 Å². The molecule has 9 aromatic rings. The van der Waals surface area contributed by atoms with Gasteiger partial charge in [-0.15, -0.1) is 0 Å². The average Bonchev–Trinajstić information content (AvgIpc) is 3.51. The van der Waals surface area contributed by atoms with Crippen molar-refractivity contribution in [2.75, 3.05) is 4.90 Å². The maximum atomic E-state index is 4.97. The van der Waals surface area contributed by atoms with Crippen LogP contribution < -0.4 is 4.90 Å². The maximum absolute atomic E-state index is 4.97. The minimum absolute atomic E-state index is 0.988. The minimum Gasteiger partial charge on any atom is -0.306 e. The molecule has 49 heavy (non-hydrogen) atoms. The van der Waals surface area contributed by atoms with E-state index >= 15 is 0 Å². The first-order valence-electron chi connectivity index (χ1n) is 16.8. The number of hydrogen-bond donors (Lipinski definition) is 0. The quantitative estimate of drug-likeness (QED) is 0.181. The van der Waals surface area contributed by atoms with Crippen LogP contribution in [0.4, 0.5) is 17.1 Å². The van der Waals surface area contributed by atoms with Gasteiger partial charge < -0.3 is 4.90 Å². The number of benzene rings is 8. The minimum atomic E-state index is 0.988. The Balaban J connectivity index is 1.25. The van der Waals surface area contributed by atoms with E-state index in [9.17, 15) is 0 Å². The number of aryl methyl sites for hydroxylation is 1. The van der Waals surface area contributed by atoms with E-state index in [1.165, 1.54) is 54.9 Å². The van der Waals surface area contributed by atoms with E-state index in [1.807, 2.05) is 0 Å². The van der Waals surface area contributed by atoms with E-state index < -0.39 is 0 Å². The van der Waals surface area contributed by atoms with Crippen LogP contribution in [0.25, 0.3) is 71.6 Å². The molecule has 0 aliphatic carbocycles. The molecule has 0 spiro atoms. The topological polar surface area (TPSA) is 21.1 Å². The van der Waals surface area contributed by atoms with Crippen LogP contribution in [0.5, 0.6) is 0 Å². The van der Waals surface area contributed by atoms with Gasteiger partial charge >= 0.3 is 0 Å². The number of rotatable bonds is 4. The number of anilines is 3. The van der Waals surface area contributed by atoms with Gasteiger partial charge in [-0.2, -0.15) is 0 Å². The largest absolute Gasteiger partial charge is 0.306 e. The molecular weight excluding hydrogens is 595 g/mol. The molecule has 0 saturated carbocycles. The van der Waals surface area contributed by atoms with Crippen molar-refractivity contribution in [2.24, 2.45) is 0 Å². The van der Waals surface area contributed by atoms with Gasteiger partial charge in [0.05, 0.1) is 28.1 Å². The normalized spacial score (nSPS) is 12.1. The van der Waals surface area contributed by atoms with Crippen molar-refractivity contribution < 1.29 is 0 Å². The van der Waals surface area contributed by atoms with Crippen LogP contribution in [-0.2, 0) is 0 Å². The third-order valence-corrected chi connectivity index (χ3v) is 10.0. The van der Waals surface area contributed by atoms with Gasteiger partial charge in [0.1, 0.15) is 5.82 Å². The Hall–Kier alpha value is -6.45. The number of aromatic nitrogens is 2. The Morgan fingerprint density at radius 1 is 0.408 bits per heavy atom. The van der Waals surface area contributed by atoms with Crippen LogP contribution in [0.1, 0.15) is 5.82 Å². The Morgan fingerprint density at radius 3 is 1.63 bits per heavy atom. The van der Waals surface area contributed by atoms with Gasteiger partial charge in [0.2, 0.25) is 0 Å². The van der Waals surface area contributed by atoms with Crippen LogP contribution >= 0.6 is 0 Å². The van der Waals surface area contributed by atoms with Gasteiger partial charge in [0, 0.05) is 5.69 Å². The second kappa shape index (κ2) is 10.8. The summed E-state index contributed by atoms with van der Waals surface area (Å²) >= 11 is 0. The molecule has 2 heterocycles. The highest BCUT2D eigenvalue weighted by molar-refractivity contribution is 6.21. The lowest BCUT2D eigenvalue weighted by molar-refractivity contribution is 0.982. The zero-order chi connectivity index (χ0) is 32.5. The molecule has 3 heteroatoms. The van der Waals surface area contributed by atoms with E-state index in [0.29, 0.717) is 0 Å². The first-order chi connectivity index (χ1) is 24.2. The number of hydrogen-bond acceptors (Lipinski definition) is 2. The lowest BCUT2D eigenvalue weighted by atomic mass is 9.85. The van der Waals surface area contributed by atoms with E-state index in [0.717, 1.165) is 39.6 Å². The highest BCUT2D eigenvalue weighted by atomic mass is 15.2. The molecular formula is C46H31N3. The van der Waals surface area contributed by atoms with Crippen molar-refractivity contribution >= 4 is 49.6 Å². The summed E-state index contributed by atoms with van der Waals surface area (Å²) < 4.78 is 2.32. The van der Waals surface area contributed by atoms with Crippen LogP contribution in [-0.4, -0.2) is 9.55 Å². The Bertz CT molecular complexity index is 2670. The number of para-hydroxylation sites is 2. The summed E-state index contributed by atoms with van der Waals surface area (Å²) in [6.07, 6.45) is 0. The number of imidazole rings is 1. The standard InChI is InChI=1S/C46H31N3/c1-30-47-40-24-13-25-42-46(40)48(30)41-27-26-34(29-43(41)49(42)35-18-6-3-7-19-35)45-38-22-10-8-20-36(38)44(37-21-9-11-23-39(37)45)33-17-12-16-32(28-33)31-14-4-2-5-15-31/h2-29H,1H3. The Morgan fingerprint density at radius 2 is 0.959 bits per heavy atom. The fraction of sp³-hybridized carbons (Fsp3) is 0.0217. The maximum Gasteiger partial charge on any atom is 0.111 e. The van der Waals surface area contributed by atoms with Crippen LogP contribution in [0, 0.1) is 6.92 Å². The van der Waals surface area contributed by atoms with Crippen molar-refractivity contribution in [1.29, 1.82) is 0 Å². The van der Waals surface area contributed by atoms with E-state index in [1.54, 1.807) is 0 Å². The van der Waals surface area contributed by atoms with Crippen molar-refractivity contribution in [3.05, 3.63) is 176 Å². The van der Waals surface area contributed by atoms with Gasteiger partial charge in [-0.1, -0.05) is 127 Å². The SMILES string of the molecule is Cc1nc2cccc3c2n1-c1ccc(-c2c4ccccc4c(-c4cccc(-c5ccccc5)c4)c4ccccc24)cc1N3c1ccccc1. The highest BCUT2D eigenvalue weighted by Crippen LogP contribution is 2.50. The van der Waals surface area contributed by atoms with E-state index in [-0.39, 0.29) is 0 Å². The molecule has 1 aromatic heterocycles. The first-order valence-corrected chi connectivity index (χ1v) is 16.8. The van der Waals surface area contributed by atoms with Crippen molar-refractivity contribution in [3.8, 4) is 39.1 Å². The van der Waals surface area contributed by atoms with Crippen LogP contribution in [0.3, 0.4) is 0 Å². The molecule has 0 fully saturated rings. The van der Waals surface area contributed by atoms with Gasteiger partial charge in [-0.05, 0) is 104 Å². The molecule has 0 bridgehead atoms. The number of nitrogens with zero attached hydrogens (tertiary/aromatic N) is 3. The lowest BCUT2D eigenvalue weighted by Gasteiger charge is -2.33. The predicted molar refractivity (Wildman–Crippen MR) is 205 cm³/mol. The van der Waals surface area contributed by atoms with Crippen molar-refractivity contribution in [2.45, 2.75) is 6.92 Å². The highest BCUT2D eigenvalue weighted by Gasteiger charge is 2.29. The third-order valence-electron chi connectivity index (χ3n) is 10.0. The molecule has 0 unspecified atom stereocenters. The van der Waals surface area contributed by atoms with E-state index in [4.69, 9.17) is 4.98 Å². The van der Waals surface area contributed by atoms with E-state index in [2.05, 4.69) is 186 Å². The van der Waals surface area contributed by atoms with Gasteiger partial charge in [0.15, 0.2) is 0 Å². The summed E-state index contributed by atoms with van der Waals surface area (Å²) in [4.78, 5) is 7.37. The third kappa shape index (κ3) is 4.19. The summed E-state index contributed by atoms with van der Waals surface area (Å²) in [5.74, 6) is 0.988. The molecule has 1 aliphatic rings. The van der Waals surface area contributed by atoms with Crippen LogP contribution in [0.15, 0.2) is 170 Å². The zero-order valence-corrected chi connectivity index (χ0v) is 27.0. The van der Waals surface area contributed by atoms with Crippen molar-refractivity contribution in [1.82, 2.24) is 9.55 Å². The second-order valence-electron chi connectivity index (χ2n) is 12.8. The first kappa shape index (κ1) is 27.6. The molecule has 3 nitrogen and oxygen atoms in total. The fourth-order valence-corrected chi connectivity index (χ4v) is 7.97. The van der Waals surface area contributed by atoms with Crippen LogP contribution in [0.2, 0.25) is 0 Å². The summed E-state index contributed by atoms with van der Waals surface area (Å²) in [5, 5.41) is 4.97.